The summed E-state index contributed by atoms with van der Waals surface area (Å²) in [5.74, 6) is -0.0990. The third kappa shape index (κ3) is 14.9. The van der Waals surface area contributed by atoms with E-state index in [1.165, 1.54) is 11.1 Å². The average molecular weight is 486 g/mol. The number of epoxide rings is 1. The van der Waals surface area contributed by atoms with Crippen LogP contribution in [0.5, 0.6) is 5.75 Å². The predicted molar refractivity (Wildman–Crippen MR) is 133 cm³/mol. The molecular formula is C26H35N3O6. The first-order chi connectivity index (χ1) is 16.7. The molecule has 2 aliphatic rings. The summed E-state index contributed by atoms with van der Waals surface area (Å²) >= 11 is 0. The zero-order valence-electron chi connectivity index (χ0n) is 20.7. The lowest BCUT2D eigenvalue weighted by molar-refractivity contribution is -0.137. The molecule has 2 aliphatic heterocycles. The number of methoxy groups -OCH3 is 1. The minimum atomic E-state index is -0.531. The van der Waals surface area contributed by atoms with Crippen molar-refractivity contribution < 1.29 is 28.7 Å². The highest BCUT2D eigenvalue weighted by Gasteiger charge is 2.31. The topological polar surface area (TPSA) is 126 Å². The van der Waals surface area contributed by atoms with E-state index in [2.05, 4.69) is 48.9 Å². The highest BCUT2D eigenvalue weighted by molar-refractivity contribution is 5.98. The number of hydrogen-bond acceptors (Lipinski definition) is 6. The fourth-order valence-electron chi connectivity index (χ4n) is 2.33. The molecule has 35 heavy (non-hydrogen) atoms. The molecule has 3 N–H and O–H groups in total. The number of rotatable bonds is 6. The number of carbonyl (C=O) groups is 4. The number of benzene rings is 2. The van der Waals surface area contributed by atoms with E-state index in [9.17, 15) is 19.2 Å². The molecule has 190 valence electrons. The van der Waals surface area contributed by atoms with Crippen molar-refractivity contribution in [2.75, 3.05) is 26.8 Å². The maximum Gasteiger partial charge on any atom is 0.243 e. The molecule has 0 bridgehead atoms. The summed E-state index contributed by atoms with van der Waals surface area (Å²) in [6.07, 6.45) is 1.29. The Labute approximate surface area is 206 Å². The molecule has 9 nitrogen and oxygen atoms in total. The second-order valence-corrected chi connectivity index (χ2v) is 7.83. The van der Waals surface area contributed by atoms with Crippen LogP contribution in [0.25, 0.3) is 0 Å². The van der Waals surface area contributed by atoms with Crippen LogP contribution in [0.2, 0.25) is 0 Å². The van der Waals surface area contributed by atoms with Crippen LogP contribution in [0.4, 0.5) is 0 Å². The van der Waals surface area contributed by atoms with Gasteiger partial charge in [-0.3, -0.25) is 14.4 Å². The van der Waals surface area contributed by atoms with Gasteiger partial charge in [-0.1, -0.05) is 53.6 Å². The predicted octanol–water partition coefficient (Wildman–Crippen LogP) is 1.71. The van der Waals surface area contributed by atoms with E-state index in [1.807, 2.05) is 42.5 Å². The molecule has 3 amide bonds. The Hall–Kier alpha value is -3.72. The van der Waals surface area contributed by atoms with Crippen LogP contribution in [0.1, 0.15) is 24.5 Å². The second kappa shape index (κ2) is 16.8. The molecule has 2 unspecified atom stereocenters. The van der Waals surface area contributed by atoms with Gasteiger partial charge in [0, 0.05) is 0 Å². The number of β-lactam (4-membered cyclic amide) rings is 1. The van der Waals surface area contributed by atoms with Crippen LogP contribution in [-0.4, -0.2) is 63.0 Å². The lowest BCUT2D eigenvalue weighted by atomic mass is 10.1. The van der Waals surface area contributed by atoms with Crippen molar-refractivity contribution in [2.45, 2.75) is 39.3 Å². The molecule has 2 fully saturated rings. The van der Waals surface area contributed by atoms with E-state index in [-0.39, 0.29) is 25.4 Å². The average Bonchev–Trinajstić information content (AvgIpc) is 3.63. The van der Waals surface area contributed by atoms with Crippen LogP contribution in [0.3, 0.4) is 0 Å². The number of nitrogens with one attached hydrogen (secondary N) is 3. The summed E-state index contributed by atoms with van der Waals surface area (Å²) in [6.45, 7) is 6.91. The molecule has 0 saturated carbocycles. The molecule has 0 aliphatic carbocycles. The Bertz CT molecular complexity index is 906. The van der Waals surface area contributed by atoms with E-state index in [0.717, 1.165) is 12.4 Å². The number of hydrogen-bond donors (Lipinski definition) is 3. The Morgan fingerprint density at radius 3 is 2.00 bits per heavy atom. The van der Waals surface area contributed by atoms with Gasteiger partial charge in [-0.05, 0) is 32.9 Å². The van der Waals surface area contributed by atoms with Gasteiger partial charge in [0.25, 0.3) is 0 Å². The van der Waals surface area contributed by atoms with Crippen LogP contribution < -0.4 is 20.7 Å². The van der Waals surface area contributed by atoms with E-state index in [1.54, 1.807) is 7.11 Å². The van der Waals surface area contributed by atoms with Gasteiger partial charge >= 0.3 is 0 Å². The highest BCUT2D eigenvalue weighted by atomic mass is 16.6. The molecule has 2 atom stereocenters. The largest absolute Gasteiger partial charge is 0.497 e. The molecule has 0 radical (unpaired) electrons. The van der Waals surface area contributed by atoms with Crippen LogP contribution in [0.15, 0.2) is 54.6 Å². The third-order valence-corrected chi connectivity index (χ3v) is 4.54. The van der Waals surface area contributed by atoms with Crippen molar-refractivity contribution in [1.82, 2.24) is 16.0 Å². The fraction of sp³-hybridized carbons (Fsp3) is 0.385. The summed E-state index contributed by atoms with van der Waals surface area (Å²) in [6, 6.07) is 17.7. The van der Waals surface area contributed by atoms with Gasteiger partial charge in [0.15, 0.2) is 0 Å². The minimum absolute atomic E-state index is 0.0745. The lowest BCUT2D eigenvalue weighted by Gasteiger charge is -2.25. The zero-order valence-corrected chi connectivity index (χ0v) is 20.7. The smallest absolute Gasteiger partial charge is 0.243 e. The van der Waals surface area contributed by atoms with Crippen LogP contribution >= 0.6 is 0 Å². The molecule has 2 aromatic carbocycles. The second-order valence-electron chi connectivity index (χ2n) is 7.83. The molecule has 2 aromatic rings. The van der Waals surface area contributed by atoms with E-state index >= 15 is 0 Å². The Morgan fingerprint density at radius 1 is 1.06 bits per heavy atom. The molecule has 2 saturated heterocycles. The van der Waals surface area contributed by atoms with Crippen LogP contribution in [-0.2, 0) is 23.9 Å². The van der Waals surface area contributed by atoms with Crippen molar-refractivity contribution in [3.05, 3.63) is 65.7 Å². The maximum absolute atomic E-state index is 11.2. The van der Waals surface area contributed by atoms with Gasteiger partial charge < -0.3 is 30.2 Å². The monoisotopic (exact) mass is 485 g/mol. The van der Waals surface area contributed by atoms with Crippen molar-refractivity contribution in [3.8, 4) is 5.75 Å². The highest BCUT2D eigenvalue weighted by Crippen LogP contribution is 2.09. The fourth-order valence-corrected chi connectivity index (χ4v) is 2.33. The molecule has 0 aromatic heterocycles. The number of amides is 3. The molecule has 4 rings (SSSR count). The van der Waals surface area contributed by atoms with E-state index in [0.29, 0.717) is 12.4 Å². The Kier molecular flexibility index (Phi) is 14.1. The molecule has 2 heterocycles. The summed E-state index contributed by atoms with van der Waals surface area (Å²) in [5.41, 5.74) is 2.58. The summed E-state index contributed by atoms with van der Waals surface area (Å²) in [4.78, 5) is 42.5. The third-order valence-electron chi connectivity index (χ3n) is 4.54. The van der Waals surface area contributed by atoms with E-state index < -0.39 is 17.9 Å². The number of aryl methyl sites for hydroxylation is 2. The zero-order chi connectivity index (χ0) is 26.1. The standard InChI is InChI=1S/C8H11N3O4.C8H10O.C7H8.C3H6O/c12-2-1-9-7(14)4-10-8(15)5-3-6(13)11-5;1-7-3-5-8(9-2)6-4-7;1-7-5-3-2-4-6-7;1-3-2-4-3/h2,5H,1,3-4H2,(H,9,14)(H,10,15)(H,11,13);3-6H,1-2H3;2-6H,1H3;3H,2H2,1H3. The lowest BCUT2D eigenvalue weighted by Crippen LogP contribution is -2.57. The van der Waals surface area contributed by atoms with Gasteiger partial charge in [-0.25, -0.2) is 0 Å². The van der Waals surface area contributed by atoms with Gasteiger partial charge in [0.1, 0.15) is 18.1 Å². The molecule has 0 spiro atoms. The molecule has 9 heteroatoms. The van der Waals surface area contributed by atoms with Crippen LogP contribution in [0, 0.1) is 13.8 Å². The van der Waals surface area contributed by atoms with Gasteiger partial charge in [-0.2, -0.15) is 0 Å². The first kappa shape index (κ1) is 29.3. The van der Waals surface area contributed by atoms with E-state index in [4.69, 9.17) is 9.47 Å². The van der Waals surface area contributed by atoms with Gasteiger partial charge in [-0.15, -0.1) is 0 Å². The number of carbonyl (C=O) groups excluding carboxylic acids is 4. The summed E-state index contributed by atoms with van der Waals surface area (Å²) < 4.78 is 9.68. The maximum atomic E-state index is 11.2. The first-order valence-corrected chi connectivity index (χ1v) is 11.3. The normalized spacial score (nSPS) is 16.5. The number of aldehydes is 1. The van der Waals surface area contributed by atoms with Crippen molar-refractivity contribution in [3.63, 3.8) is 0 Å². The quantitative estimate of drug-likeness (QED) is 0.325. The van der Waals surface area contributed by atoms with Gasteiger partial charge in [0.2, 0.25) is 17.7 Å². The van der Waals surface area contributed by atoms with Crippen molar-refractivity contribution in [1.29, 1.82) is 0 Å². The molecular weight excluding hydrogens is 450 g/mol. The van der Waals surface area contributed by atoms with Crippen molar-refractivity contribution >= 4 is 24.0 Å². The summed E-state index contributed by atoms with van der Waals surface area (Å²) in [7, 11) is 1.67. The Morgan fingerprint density at radius 2 is 1.60 bits per heavy atom. The van der Waals surface area contributed by atoms with Crippen molar-refractivity contribution in [2.24, 2.45) is 0 Å². The first-order valence-electron chi connectivity index (χ1n) is 11.3. The van der Waals surface area contributed by atoms with Gasteiger partial charge in [0.05, 0.1) is 39.3 Å². The SMILES string of the molecule is CC1CO1.COc1ccc(C)cc1.Cc1ccccc1.O=CCNC(=O)CNC(=O)C1CC(=O)N1. The Balaban J connectivity index is 0.000000258. The number of ether oxygens (including phenoxy) is 2. The summed E-state index contributed by atoms with van der Waals surface area (Å²) in [5, 5.41) is 6.97. The minimum Gasteiger partial charge on any atom is -0.497 e.